The topological polar surface area (TPSA) is 71.2 Å². The Balaban J connectivity index is 1.36. The quantitative estimate of drug-likeness (QED) is 0.612. The lowest BCUT2D eigenvalue weighted by Gasteiger charge is -2.44. The van der Waals surface area contributed by atoms with Crippen LogP contribution in [-0.2, 0) is 7.05 Å². The van der Waals surface area contributed by atoms with E-state index in [2.05, 4.69) is 36.0 Å². The average molecular weight is 445 g/mol. The van der Waals surface area contributed by atoms with E-state index in [1.807, 2.05) is 30.3 Å². The first kappa shape index (κ1) is 21.7. The van der Waals surface area contributed by atoms with Gasteiger partial charge in [-0.2, -0.15) is 0 Å². The first-order valence-electron chi connectivity index (χ1n) is 11.7. The largest absolute Gasteiger partial charge is 0.507 e. The van der Waals surface area contributed by atoms with Gasteiger partial charge in [0.05, 0.1) is 5.69 Å². The van der Waals surface area contributed by atoms with Crippen LogP contribution in [0, 0.1) is 10.8 Å². The molecule has 33 heavy (non-hydrogen) atoms. The van der Waals surface area contributed by atoms with Crippen LogP contribution in [0.1, 0.15) is 46.0 Å². The van der Waals surface area contributed by atoms with E-state index in [-0.39, 0.29) is 11.3 Å². The molecular formula is C27H32N4O2. The van der Waals surface area contributed by atoms with Crippen molar-refractivity contribution in [3.63, 3.8) is 0 Å². The van der Waals surface area contributed by atoms with Gasteiger partial charge in [-0.05, 0) is 84.4 Å². The van der Waals surface area contributed by atoms with Gasteiger partial charge < -0.3 is 14.6 Å². The summed E-state index contributed by atoms with van der Waals surface area (Å²) in [6, 6.07) is 13.2. The molecule has 0 spiro atoms. The number of hydrogen-bond donors (Lipinski definition) is 1. The third-order valence-electron chi connectivity index (χ3n) is 7.91. The number of fused-ring (bicyclic) bond motifs is 2. The van der Waals surface area contributed by atoms with E-state index < -0.39 is 0 Å². The lowest BCUT2D eigenvalue weighted by molar-refractivity contribution is 0.148. The molecule has 2 heterocycles. The highest BCUT2D eigenvalue weighted by atomic mass is 16.3. The summed E-state index contributed by atoms with van der Waals surface area (Å²) in [5, 5.41) is 19.6. The van der Waals surface area contributed by atoms with Crippen LogP contribution in [0.2, 0.25) is 0 Å². The number of aromatic nitrogens is 3. The standard InChI is InChI=1S/C27H32N4O2/c1-26-10-11-27(2,17-26)16-20(15-26)31(4)24-8-7-22(28-29-24)21-6-5-18(13-23(21)32)19-9-12-30(3)25(33)14-19/h5-9,12-14,20,32H,10-11,15-17H2,1-4H3/t20-,26-,27+. The van der Waals surface area contributed by atoms with Crippen LogP contribution >= 0.6 is 0 Å². The lowest BCUT2D eigenvalue weighted by Crippen LogP contribution is -2.42. The molecule has 2 aliphatic carbocycles. The predicted molar refractivity (Wildman–Crippen MR) is 131 cm³/mol. The minimum Gasteiger partial charge on any atom is -0.507 e. The van der Waals surface area contributed by atoms with Gasteiger partial charge in [0.25, 0.3) is 5.56 Å². The van der Waals surface area contributed by atoms with E-state index in [1.54, 1.807) is 25.4 Å². The van der Waals surface area contributed by atoms with Crippen LogP contribution in [0.3, 0.4) is 0 Å². The lowest BCUT2D eigenvalue weighted by atomic mass is 9.68. The SMILES string of the molecule is CN(c1ccc(-c2ccc(-c3ccn(C)c(=O)c3)cc2O)nn1)[C@H]1C[C@]2(C)CC[C@](C)(C1)C2. The van der Waals surface area contributed by atoms with Crippen LogP contribution in [0.4, 0.5) is 5.82 Å². The molecule has 2 aliphatic rings. The highest BCUT2D eigenvalue weighted by Gasteiger charge is 2.49. The number of aromatic hydroxyl groups is 1. The number of nitrogens with zero attached hydrogens (tertiary/aromatic N) is 4. The van der Waals surface area contributed by atoms with Crippen LogP contribution < -0.4 is 10.5 Å². The summed E-state index contributed by atoms with van der Waals surface area (Å²) in [4.78, 5) is 14.2. The van der Waals surface area contributed by atoms with Gasteiger partial charge in [-0.25, -0.2) is 0 Å². The summed E-state index contributed by atoms with van der Waals surface area (Å²) in [5.41, 5.74) is 3.60. The van der Waals surface area contributed by atoms with E-state index in [9.17, 15) is 9.90 Å². The monoisotopic (exact) mass is 444 g/mol. The Morgan fingerprint density at radius 2 is 1.70 bits per heavy atom. The molecule has 6 heteroatoms. The van der Waals surface area contributed by atoms with Gasteiger partial charge in [0, 0.05) is 38.0 Å². The molecule has 1 N–H and O–H groups in total. The molecule has 172 valence electrons. The third kappa shape index (κ3) is 4.03. The van der Waals surface area contributed by atoms with Crippen molar-refractivity contribution in [2.75, 3.05) is 11.9 Å². The number of aryl methyl sites for hydroxylation is 1. The molecule has 0 radical (unpaired) electrons. The number of phenolic OH excluding ortho intramolecular Hbond substituents is 1. The molecule has 5 rings (SSSR count). The summed E-state index contributed by atoms with van der Waals surface area (Å²) in [6.07, 6.45) is 8.11. The van der Waals surface area contributed by atoms with Crippen molar-refractivity contribution in [3.8, 4) is 28.1 Å². The van der Waals surface area contributed by atoms with E-state index in [4.69, 9.17) is 0 Å². The first-order valence-corrected chi connectivity index (χ1v) is 11.7. The minimum atomic E-state index is -0.0874. The molecular weight excluding hydrogens is 412 g/mol. The Bertz CT molecular complexity index is 1230. The summed E-state index contributed by atoms with van der Waals surface area (Å²) >= 11 is 0. The molecule has 2 bridgehead atoms. The van der Waals surface area contributed by atoms with E-state index in [0.29, 0.717) is 28.1 Å². The van der Waals surface area contributed by atoms with Crippen molar-refractivity contribution >= 4 is 5.82 Å². The zero-order chi connectivity index (χ0) is 23.4. The van der Waals surface area contributed by atoms with Crippen molar-refractivity contribution in [2.24, 2.45) is 17.9 Å². The predicted octanol–water partition coefficient (Wildman–Crippen LogP) is 5.01. The first-order chi connectivity index (χ1) is 15.6. The van der Waals surface area contributed by atoms with Gasteiger partial charge in [-0.3, -0.25) is 4.79 Å². The average Bonchev–Trinajstić information content (AvgIpc) is 3.01. The molecule has 2 aromatic heterocycles. The van der Waals surface area contributed by atoms with Crippen LogP contribution in [-0.4, -0.2) is 33.0 Å². The number of hydrogen-bond acceptors (Lipinski definition) is 5. The maximum Gasteiger partial charge on any atom is 0.250 e. The maximum absolute atomic E-state index is 11.9. The van der Waals surface area contributed by atoms with Crippen molar-refractivity contribution in [1.82, 2.24) is 14.8 Å². The molecule has 2 saturated carbocycles. The molecule has 3 atom stereocenters. The minimum absolute atomic E-state index is 0.0874. The number of benzene rings is 1. The van der Waals surface area contributed by atoms with Gasteiger partial charge >= 0.3 is 0 Å². The number of rotatable bonds is 4. The van der Waals surface area contributed by atoms with Gasteiger partial charge in [0.1, 0.15) is 5.75 Å². The van der Waals surface area contributed by atoms with E-state index in [1.165, 1.54) is 36.7 Å². The Hall–Kier alpha value is -3.15. The second kappa shape index (κ2) is 7.72. The molecule has 0 amide bonds. The molecule has 3 aromatic rings. The summed E-state index contributed by atoms with van der Waals surface area (Å²) < 4.78 is 1.52. The fraction of sp³-hybridized carbons (Fsp3) is 0.444. The van der Waals surface area contributed by atoms with Gasteiger partial charge in [0.2, 0.25) is 0 Å². The third-order valence-corrected chi connectivity index (χ3v) is 7.91. The van der Waals surface area contributed by atoms with E-state index in [0.717, 1.165) is 16.9 Å². The Morgan fingerprint density at radius 3 is 2.30 bits per heavy atom. The van der Waals surface area contributed by atoms with Crippen molar-refractivity contribution in [2.45, 2.75) is 52.0 Å². The van der Waals surface area contributed by atoms with Crippen molar-refractivity contribution in [3.05, 3.63) is 59.0 Å². The Morgan fingerprint density at radius 1 is 1.00 bits per heavy atom. The number of pyridine rings is 1. The van der Waals surface area contributed by atoms with Crippen molar-refractivity contribution in [1.29, 1.82) is 0 Å². The highest BCUT2D eigenvalue weighted by Crippen LogP contribution is 2.58. The fourth-order valence-electron chi connectivity index (χ4n) is 6.14. The van der Waals surface area contributed by atoms with Crippen LogP contribution in [0.5, 0.6) is 5.75 Å². The summed E-state index contributed by atoms with van der Waals surface area (Å²) in [5.74, 6) is 0.988. The number of phenols is 1. The van der Waals surface area contributed by atoms with Gasteiger partial charge in [0.15, 0.2) is 5.82 Å². The van der Waals surface area contributed by atoms with Gasteiger partial charge in [-0.15, -0.1) is 10.2 Å². The second-order valence-electron chi connectivity index (χ2n) is 10.8. The van der Waals surface area contributed by atoms with Crippen LogP contribution in [0.15, 0.2) is 53.5 Å². The molecule has 0 unspecified atom stereocenters. The smallest absolute Gasteiger partial charge is 0.250 e. The highest BCUT2D eigenvalue weighted by molar-refractivity contribution is 5.74. The van der Waals surface area contributed by atoms with Crippen LogP contribution in [0.25, 0.3) is 22.4 Å². The fourth-order valence-corrected chi connectivity index (χ4v) is 6.14. The van der Waals surface area contributed by atoms with Gasteiger partial charge in [-0.1, -0.05) is 19.9 Å². The molecule has 1 aromatic carbocycles. The maximum atomic E-state index is 11.9. The zero-order valence-electron chi connectivity index (χ0n) is 19.9. The zero-order valence-corrected chi connectivity index (χ0v) is 19.9. The molecule has 2 fully saturated rings. The number of anilines is 1. The molecule has 0 aliphatic heterocycles. The second-order valence-corrected chi connectivity index (χ2v) is 10.8. The Labute approximate surface area is 194 Å². The molecule has 6 nitrogen and oxygen atoms in total. The Kier molecular flexibility index (Phi) is 5.07. The van der Waals surface area contributed by atoms with Crippen molar-refractivity contribution < 1.29 is 5.11 Å². The van der Waals surface area contributed by atoms with E-state index >= 15 is 0 Å². The molecule has 0 saturated heterocycles. The summed E-state index contributed by atoms with van der Waals surface area (Å²) in [6.45, 7) is 4.87. The summed E-state index contributed by atoms with van der Waals surface area (Å²) in [7, 11) is 3.84. The normalized spacial score (nSPS) is 26.4.